The zero-order chi connectivity index (χ0) is 18.8. The highest BCUT2D eigenvalue weighted by atomic mass is 19.1. The molecule has 4 rings (SSSR count). The van der Waals surface area contributed by atoms with Gasteiger partial charge in [-0.15, -0.1) is 0 Å². The lowest BCUT2D eigenvalue weighted by atomic mass is 9.63. The molecular weight excluding hydrogens is 331 g/mol. The van der Waals surface area contributed by atoms with Crippen LogP contribution in [0.5, 0.6) is 0 Å². The van der Waals surface area contributed by atoms with Crippen LogP contribution in [0.15, 0.2) is 24.3 Å². The van der Waals surface area contributed by atoms with Gasteiger partial charge in [-0.1, -0.05) is 38.0 Å². The van der Waals surface area contributed by atoms with Gasteiger partial charge < -0.3 is 0 Å². The van der Waals surface area contributed by atoms with Crippen LogP contribution < -0.4 is 0 Å². The Hall–Kier alpha value is -1.11. The van der Waals surface area contributed by atoms with E-state index in [-0.39, 0.29) is 5.82 Å². The number of rotatable bonds is 4. The van der Waals surface area contributed by atoms with E-state index in [1.54, 1.807) is 0 Å². The van der Waals surface area contributed by atoms with E-state index >= 15 is 4.39 Å². The van der Waals surface area contributed by atoms with Crippen molar-refractivity contribution in [3.8, 4) is 0 Å². The Labute approximate surface area is 165 Å². The smallest absolute Gasteiger partial charge is 0.126 e. The molecule has 5 unspecified atom stereocenters. The standard InChI is InChI=1S/C26H37F/c1-3-5-18-7-9-21-15-23(12-11-20(21)13-18)25-16-22-10-8-19(6-4-2)14-24(22)17-26(25)27/h3,5,16-21,23H,4,6-15H2,1-2H3/b5-3+. The molecule has 3 aliphatic rings. The molecule has 0 nitrogen and oxygen atoms in total. The number of halogens is 1. The van der Waals surface area contributed by atoms with Gasteiger partial charge in [0.05, 0.1) is 0 Å². The van der Waals surface area contributed by atoms with Crippen LogP contribution in [0.4, 0.5) is 4.39 Å². The van der Waals surface area contributed by atoms with Gasteiger partial charge in [-0.3, -0.25) is 0 Å². The SMILES string of the molecule is C/C=C/C1CCC2CC(c3cc4c(cc3F)CC(CCC)CC4)CCC2C1. The Balaban J connectivity index is 1.46. The maximum Gasteiger partial charge on any atom is 0.126 e. The summed E-state index contributed by atoms with van der Waals surface area (Å²) in [6.45, 7) is 4.41. The van der Waals surface area contributed by atoms with Crippen LogP contribution in [-0.4, -0.2) is 0 Å². The normalized spacial score (nSPS) is 33.7. The fourth-order valence-corrected chi connectivity index (χ4v) is 6.50. The van der Waals surface area contributed by atoms with Gasteiger partial charge in [-0.2, -0.15) is 0 Å². The number of hydrogen-bond donors (Lipinski definition) is 0. The average Bonchev–Trinajstić information content (AvgIpc) is 2.67. The predicted octanol–water partition coefficient (Wildman–Crippen LogP) is 7.61. The molecule has 5 atom stereocenters. The lowest BCUT2D eigenvalue weighted by molar-refractivity contribution is 0.132. The molecule has 1 aromatic carbocycles. The second-order valence-electron chi connectivity index (χ2n) is 9.67. The molecule has 0 saturated heterocycles. The summed E-state index contributed by atoms with van der Waals surface area (Å²) < 4.78 is 15.1. The highest BCUT2D eigenvalue weighted by Crippen LogP contribution is 2.48. The van der Waals surface area contributed by atoms with E-state index in [4.69, 9.17) is 0 Å². The van der Waals surface area contributed by atoms with Gasteiger partial charge in [0.1, 0.15) is 5.82 Å². The van der Waals surface area contributed by atoms with Crippen LogP contribution in [-0.2, 0) is 12.8 Å². The summed E-state index contributed by atoms with van der Waals surface area (Å²) in [5.41, 5.74) is 3.82. The average molecular weight is 369 g/mol. The van der Waals surface area contributed by atoms with Gasteiger partial charge in [0.25, 0.3) is 0 Å². The van der Waals surface area contributed by atoms with E-state index in [1.165, 1.54) is 68.9 Å². The first-order valence-electron chi connectivity index (χ1n) is 11.6. The first-order chi connectivity index (χ1) is 13.2. The van der Waals surface area contributed by atoms with Gasteiger partial charge in [0, 0.05) is 0 Å². The molecule has 148 valence electrons. The van der Waals surface area contributed by atoms with Gasteiger partial charge in [0.2, 0.25) is 0 Å². The fraction of sp³-hybridized carbons (Fsp3) is 0.692. The molecule has 0 amide bonds. The van der Waals surface area contributed by atoms with Crippen LogP contribution in [0.3, 0.4) is 0 Å². The molecule has 27 heavy (non-hydrogen) atoms. The third kappa shape index (κ3) is 4.17. The van der Waals surface area contributed by atoms with Crippen molar-refractivity contribution in [2.45, 2.75) is 90.4 Å². The van der Waals surface area contributed by atoms with Crippen molar-refractivity contribution < 1.29 is 4.39 Å². The van der Waals surface area contributed by atoms with Crippen molar-refractivity contribution in [2.24, 2.45) is 23.7 Å². The Bertz CT molecular complexity index is 673. The minimum atomic E-state index is 0.0944. The van der Waals surface area contributed by atoms with Crippen molar-refractivity contribution >= 4 is 0 Å². The molecule has 0 heterocycles. The van der Waals surface area contributed by atoms with E-state index < -0.39 is 0 Å². The molecule has 0 N–H and O–H groups in total. The van der Waals surface area contributed by atoms with E-state index in [1.807, 2.05) is 6.07 Å². The Morgan fingerprint density at radius 3 is 2.63 bits per heavy atom. The molecule has 0 aliphatic heterocycles. The first-order valence-corrected chi connectivity index (χ1v) is 11.6. The fourth-order valence-electron chi connectivity index (χ4n) is 6.50. The van der Waals surface area contributed by atoms with Crippen LogP contribution in [0.2, 0.25) is 0 Å². The van der Waals surface area contributed by atoms with Crippen molar-refractivity contribution in [3.05, 3.63) is 46.8 Å². The zero-order valence-corrected chi connectivity index (χ0v) is 17.4. The summed E-state index contributed by atoms with van der Waals surface area (Å²) in [5, 5.41) is 0. The van der Waals surface area contributed by atoms with Crippen molar-refractivity contribution in [1.82, 2.24) is 0 Å². The zero-order valence-electron chi connectivity index (χ0n) is 17.4. The Morgan fingerprint density at radius 2 is 1.81 bits per heavy atom. The molecule has 1 heteroatoms. The number of allylic oxidation sites excluding steroid dienone is 2. The van der Waals surface area contributed by atoms with E-state index in [9.17, 15) is 0 Å². The third-order valence-corrected chi connectivity index (χ3v) is 7.90. The maximum absolute atomic E-state index is 15.1. The molecule has 0 radical (unpaired) electrons. The van der Waals surface area contributed by atoms with Gasteiger partial charge in [-0.25, -0.2) is 4.39 Å². The predicted molar refractivity (Wildman–Crippen MR) is 113 cm³/mol. The monoisotopic (exact) mass is 368 g/mol. The minimum absolute atomic E-state index is 0.0944. The van der Waals surface area contributed by atoms with Crippen molar-refractivity contribution in [3.63, 3.8) is 0 Å². The largest absolute Gasteiger partial charge is 0.207 e. The summed E-state index contributed by atoms with van der Waals surface area (Å²) >= 11 is 0. The lowest BCUT2D eigenvalue weighted by Crippen LogP contribution is -2.30. The number of aryl methyl sites for hydroxylation is 1. The van der Waals surface area contributed by atoms with E-state index in [0.29, 0.717) is 5.92 Å². The number of fused-ring (bicyclic) bond motifs is 2. The second kappa shape index (κ2) is 8.50. The van der Waals surface area contributed by atoms with Crippen molar-refractivity contribution in [1.29, 1.82) is 0 Å². The summed E-state index contributed by atoms with van der Waals surface area (Å²) in [6, 6.07) is 4.20. The highest BCUT2D eigenvalue weighted by Gasteiger charge is 2.36. The Morgan fingerprint density at radius 1 is 1.00 bits per heavy atom. The van der Waals surface area contributed by atoms with Crippen LogP contribution >= 0.6 is 0 Å². The molecule has 2 saturated carbocycles. The Kier molecular flexibility index (Phi) is 6.05. The van der Waals surface area contributed by atoms with E-state index in [0.717, 1.165) is 42.1 Å². The van der Waals surface area contributed by atoms with Gasteiger partial charge >= 0.3 is 0 Å². The van der Waals surface area contributed by atoms with Crippen LogP contribution in [0.25, 0.3) is 0 Å². The number of hydrogen-bond acceptors (Lipinski definition) is 0. The first kappa shape index (κ1) is 19.2. The summed E-state index contributed by atoms with van der Waals surface area (Å²) in [4.78, 5) is 0. The van der Waals surface area contributed by atoms with Crippen molar-refractivity contribution in [2.75, 3.05) is 0 Å². The van der Waals surface area contributed by atoms with Crippen LogP contribution in [0, 0.1) is 29.5 Å². The second-order valence-corrected chi connectivity index (χ2v) is 9.67. The molecule has 1 aromatic rings. The highest BCUT2D eigenvalue weighted by molar-refractivity contribution is 5.37. The molecule has 3 aliphatic carbocycles. The minimum Gasteiger partial charge on any atom is -0.207 e. The summed E-state index contributed by atoms with van der Waals surface area (Å²) in [5.74, 6) is 3.83. The molecule has 2 fully saturated rings. The topological polar surface area (TPSA) is 0 Å². The summed E-state index contributed by atoms with van der Waals surface area (Å²) in [6.07, 6.45) is 18.5. The van der Waals surface area contributed by atoms with Gasteiger partial charge in [-0.05, 0) is 117 Å². The lowest BCUT2D eigenvalue weighted by Gasteiger charge is -2.42. The maximum atomic E-state index is 15.1. The molecule has 0 spiro atoms. The molecule has 0 aromatic heterocycles. The number of benzene rings is 1. The summed E-state index contributed by atoms with van der Waals surface area (Å²) in [7, 11) is 0. The molecular formula is C26H37F. The third-order valence-electron chi connectivity index (χ3n) is 7.90. The quantitative estimate of drug-likeness (QED) is 0.480. The van der Waals surface area contributed by atoms with E-state index in [2.05, 4.69) is 32.1 Å². The van der Waals surface area contributed by atoms with Crippen LogP contribution in [0.1, 0.15) is 94.2 Å². The molecule has 0 bridgehead atoms. The van der Waals surface area contributed by atoms with Gasteiger partial charge in [0.15, 0.2) is 0 Å².